The van der Waals surface area contributed by atoms with Gasteiger partial charge in [0, 0.05) is 35.7 Å². The highest BCUT2D eigenvalue weighted by atomic mass is 19.1. The Kier molecular flexibility index (Phi) is 6.18. The first kappa shape index (κ1) is 25.1. The molecule has 2 amide bonds. The smallest absolute Gasteiger partial charge is 0.305 e. The monoisotopic (exact) mass is 515 g/mol. The Morgan fingerprint density at radius 1 is 0.947 bits per heavy atom. The molecule has 0 fully saturated rings. The molecule has 0 saturated carbocycles. The number of benzene rings is 2. The van der Waals surface area contributed by atoms with Gasteiger partial charge in [0.1, 0.15) is 23.1 Å². The van der Waals surface area contributed by atoms with Crippen LogP contribution in [0.3, 0.4) is 0 Å². The fourth-order valence-corrected chi connectivity index (χ4v) is 4.32. The molecule has 10 heteroatoms. The van der Waals surface area contributed by atoms with Crippen molar-refractivity contribution in [1.82, 2.24) is 24.5 Å². The average Bonchev–Trinajstić information content (AvgIpc) is 3.41. The van der Waals surface area contributed by atoms with Crippen molar-refractivity contribution in [1.29, 1.82) is 0 Å². The van der Waals surface area contributed by atoms with Gasteiger partial charge < -0.3 is 5.32 Å². The number of nitrogens with one attached hydrogen (secondary N) is 2. The number of urea groups is 1. The second kappa shape index (κ2) is 9.37. The van der Waals surface area contributed by atoms with E-state index >= 15 is 4.39 Å². The molecule has 5 rings (SSSR count). The van der Waals surface area contributed by atoms with Crippen LogP contribution in [0.1, 0.15) is 32.2 Å². The Balaban J connectivity index is 1.42. The van der Waals surface area contributed by atoms with Crippen LogP contribution >= 0.6 is 0 Å². The van der Waals surface area contributed by atoms with Crippen molar-refractivity contribution in [3.63, 3.8) is 0 Å². The third kappa shape index (κ3) is 4.60. The quantitative estimate of drug-likeness (QED) is 0.292. The van der Waals surface area contributed by atoms with E-state index in [0.717, 1.165) is 22.2 Å². The minimum atomic E-state index is -0.693. The standard InChI is InChI=1S/C28H27F2N7O/c1-16-26-18(14-31-15-23(26)36(5)34-16)17-10-11-21(20(30)12-17)32-27(38)33-25-13-24(28(2,3)4)35-37(25)22-9-7-6-8-19(22)29/h6-15H,1-5H3,(H2,32,33,38). The predicted molar refractivity (Wildman–Crippen MR) is 144 cm³/mol. The number of rotatable bonds is 4. The first-order valence-electron chi connectivity index (χ1n) is 12.0. The van der Waals surface area contributed by atoms with Crippen molar-refractivity contribution < 1.29 is 13.6 Å². The lowest BCUT2D eigenvalue weighted by Gasteiger charge is -2.14. The van der Waals surface area contributed by atoms with Crippen molar-refractivity contribution >= 4 is 28.4 Å². The average molecular weight is 516 g/mol. The molecule has 0 radical (unpaired) electrons. The zero-order valence-corrected chi connectivity index (χ0v) is 21.7. The number of hydrogen-bond acceptors (Lipinski definition) is 4. The van der Waals surface area contributed by atoms with Crippen LogP contribution in [0.15, 0.2) is 60.9 Å². The zero-order valence-electron chi connectivity index (χ0n) is 21.7. The van der Waals surface area contributed by atoms with Gasteiger partial charge in [0.2, 0.25) is 0 Å². The highest BCUT2D eigenvalue weighted by Crippen LogP contribution is 2.32. The minimum absolute atomic E-state index is 0.0118. The molecule has 194 valence electrons. The van der Waals surface area contributed by atoms with Crippen LogP contribution in [0.4, 0.5) is 25.1 Å². The van der Waals surface area contributed by atoms with E-state index < -0.39 is 17.7 Å². The molecule has 0 aliphatic carbocycles. The number of carbonyl (C=O) groups is 1. The molecule has 2 aromatic carbocycles. The van der Waals surface area contributed by atoms with E-state index in [-0.39, 0.29) is 22.6 Å². The van der Waals surface area contributed by atoms with E-state index in [9.17, 15) is 9.18 Å². The molecule has 3 heterocycles. The van der Waals surface area contributed by atoms with Crippen molar-refractivity contribution in [3.8, 4) is 16.8 Å². The molecule has 0 spiro atoms. The number of fused-ring (bicyclic) bond motifs is 1. The summed E-state index contributed by atoms with van der Waals surface area (Å²) in [6.45, 7) is 7.78. The van der Waals surface area contributed by atoms with Crippen molar-refractivity contribution in [2.45, 2.75) is 33.1 Å². The van der Waals surface area contributed by atoms with Gasteiger partial charge in [-0.3, -0.25) is 15.0 Å². The highest BCUT2D eigenvalue weighted by molar-refractivity contribution is 6.00. The summed E-state index contributed by atoms with van der Waals surface area (Å²) >= 11 is 0. The summed E-state index contributed by atoms with van der Waals surface area (Å²) in [5.74, 6) is -0.858. The Labute approximate surface area is 218 Å². The minimum Gasteiger partial charge on any atom is -0.305 e. The summed E-state index contributed by atoms with van der Waals surface area (Å²) in [7, 11) is 1.83. The second-order valence-corrected chi connectivity index (χ2v) is 10.1. The van der Waals surface area contributed by atoms with Crippen LogP contribution in [0, 0.1) is 18.6 Å². The van der Waals surface area contributed by atoms with Gasteiger partial charge >= 0.3 is 6.03 Å². The van der Waals surface area contributed by atoms with Gasteiger partial charge in [0.25, 0.3) is 0 Å². The second-order valence-electron chi connectivity index (χ2n) is 10.1. The highest BCUT2D eigenvalue weighted by Gasteiger charge is 2.23. The Morgan fingerprint density at radius 3 is 2.42 bits per heavy atom. The number of aryl methyl sites for hydroxylation is 2. The molecule has 2 N–H and O–H groups in total. The number of hydrogen-bond donors (Lipinski definition) is 2. The summed E-state index contributed by atoms with van der Waals surface area (Å²) in [5, 5.41) is 15.1. The summed E-state index contributed by atoms with van der Waals surface area (Å²) in [6.07, 6.45) is 3.38. The number of carbonyl (C=O) groups excluding carboxylic acids is 1. The van der Waals surface area contributed by atoms with E-state index in [1.807, 2.05) is 34.7 Å². The number of para-hydroxylation sites is 1. The van der Waals surface area contributed by atoms with Crippen molar-refractivity contribution in [2.75, 3.05) is 10.6 Å². The summed E-state index contributed by atoms with van der Waals surface area (Å²) in [6, 6.07) is 11.7. The fourth-order valence-electron chi connectivity index (χ4n) is 4.32. The molecular weight excluding hydrogens is 488 g/mol. The van der Waals surface area contributed by atoms with Gasteiger partial charge in [-0.2, -0.15) is 10.2 Å². The number of aromatic nitrogens is 5. The molecule has 0 aliphatic heterocycles. The third-order valence-electron chi connectivity index (χ3n) is 6.26. The summed E-state index contributed by atoms with van der Waals surface area (Å²) in [5.41, 5.74) is 3.47. The molecule has 0 aliphatic rings. The lowest BCUT2D eigenvalue weighted by Crippen LogP contribution is -2.22. The van der Waals surface area contributed by atoms with E-state index in [2.05, 4.69) is 25.8 Å². The number of halogens is 2. The van der Waals surface area contributed by atoms with Crippen LogP contribution in [0.5, 0.6) is 0 Å². The Hall–Kier alpha value is -4.60. The molecule has 3 aromatic heterocycles. The van der Waals surface area contributed by atoms with Gasteiger partial charge in [-0.15, -0.1) is 0 Å². The van der Waals surface area contributed by atoms with E-state index in [0.29, 0.717) is 11.3 Å². The lowest BCUT2D eigenvalue weighted by molar-refractivity contribution is 0.262. The molecule has 0 bridgehead atoms. The topological polar surface area (TPSA) is 89.7 Å². The van der Waals surface area contributed by atoms with Gasteiger partial charge in [0.15, 0.2) is 0 Å². The first-order chi connectivity index (χ1) is 18.0. The number of pyridine rings is 1. The maximum absolute atomic E-state index is 15.1. The molecule has 0 unspecified atom stereocenters. The number of anilines is 2. The molecule has 38 heavy (non-hydrogen) atoms. The lowest BCUT2D eigenvalue weighted by atomic mass is 9.92. The first-order valence-corrected chi connectivity index (χ1v) is 12.0. The molecule has 5 aromatic rings. The van der Waals surface area contributed by atoms with E-state index in [1.165, 1.54) is 22.9 Å². The van der Waals surface area contributed by atoms with Gasteiger partial charge in [-0.25, -0.2) is 18.3 Å². The summed E-state index contributed by atoms with van der Waals surface area (Å²) < 4.78 is 32.8. The van der Waals surface area contributed by atoms with Crippen LogP contribution in [0.25, 0.3) is 27.7 Å². The normalized spacial score (nSPS) is 11.7. The molecule has 0 saturated heterocycles. The van der Waals surface area contributed by atoms with Crippen LogP contribution in [-0.4, -0.2) is 30.6 Å². The van der Waals surface area contributed by atoms with Gasteiger partial charge in [0.05, 0.1) is 28.8 Å². The fraction of sp³-hybridized carbons (Fsp3) is 0.214. The van der Waals surface area contributed by atoms with Gasteiger partial charge in [-0.05, 0) is 36.8 Å². The van der Waals surface area contributed by atoms with Crippen molar-refractivity contribution in [3.05, 3.63) is 83.9 Å². The Morgan fingerprint density at radius 2 is 1.71 bits per heavy atom. The largest absolute Gasteiger partial charge is 0.324 e. The zero-order chi connectivity index (χ0) is 27.2. The number of amides is 2. The van der Waals surface area contributed by atoms with E-state index in [4.69, 9.17) is 0 Å². The molecular formula is C28H27F2N7O. The number of nitrogens with zero attached hydrogens (tertiary/aromatic N) is 5. The Bertz CT molecular complexity index is 1680. The van der Waals surface area contributed by atoms with Crippen LogP contribution in [0.2, 0.25) is 0 Å². The van der Waals surface area contributed by atoms with Crippen molar-refractivity contribution in [2.24, 2.45) is 7.05 Å². The molecule has 0 atom stereocenters. The molecule has 8 nitrogen and oxygen atoms in total. The van der Waals surface area contributed by atoms with Crippen LogP contribution < -0.4 is 10.6 Å². The third-order valence-corrected chi connectivity index (χ3v) is 6.26. The predicted octanol–water partition coefficient (Wildman–Crippen LogP) is 6.35. The maximum Gasteiger partial charge on any atom is 0.324 e. The van der Waals surface area contributed by atoms with Crippen LogP contribution in [-0.2, 0) is 12.5 Å². The SMILES string of the molecule is Cc1nn(C)c2cncc(-c3ccc(NC(=O)Nc4cc(C(C)(C)C)nn4-c4ccccc4F)c(F)c3)c12. The van der Waals surface area contributed by atoms with Gasteiger partial charge in [-0.1, -0.05) is 39.0 Å². The summed E-state index contributed by atoms with van der Waals surface area (Å²) in [4.78, 5) is 17.2. The van der Waals surface area contributed by atoms with E-state index in [1.54, 1.807) is 47.4 Å². The maximum atomic E-state index is 15.1.